The van der Waals surface area contributed by atoms with Crippen LogP contribution < -0.4 is 10.5 Å². The summed E-state index contributed by atoms with van der Waals surface area (Å²) in [6.45, 7) is 1.52. The van der Waals surface area contributed by atoms with Gasteiger partial charge in [-0.1, -0.05) is 11.6 Å². The molecule has 0 fully saturated rings. The van der Waals surface area contributed by atoms with Crippen molar-refractivity contribution in [3.63, 3.8) is 0 Å². The van der Waals surface area contributed by atoms with Crippen molar-refractivity contribution in [1.29, 1.82) is 0 Å². The lowest BCUT2D eigenvalue weighted by atomic mass is 10.2. The van der Waals surface area contributed by atoms with E-state index < -0.39 is 15.9 Å². The zero-order valence-electron chi connectivity index (χ0n) is 11.5. The SMILES string of the molecule is COCCOCCNC(=O)c1ccc(Cl)c(S(N)(=O)=O)c1. The first-order valence-electron chi connectivity index (χ1n) is 6.03. The van der Waals surface area contributed by atoms with E-state index in [4.69, 9.17) is 26.2 Å². The molecule has 1 amide bonds. The number of ether oxygens (including phenoxy) is 2. The Hall–Kier alpha value is -1.19. The van der Waals surface area contributed by atoms with Crippen molar-refractivity contribution in [3.8, 4) is 0 Å². The second-order valence-corrected chi connectivity index (χ2v) is 5.99. The van der Waals surface area contributed by atoms with E-state index in [0.29, 0.717) is 19.8 Å². The number of methoxy groups -OCH3 is 1. The van der Waals surface area contributed by atoms with Crippen molar-refractivity contribution in [2.45, 2.75) is 4.90 Å². The molecule has 0 heterocycles. The molecule has 0 aromatic heterocycles. The number of hydrogen-bond donors (Lipinski definition) is 2. The summed E-state index contributed by atoms with van der Waals surface area (Å²) in [5, 5.41) is 7.58. The van der Waals surface area contributed by atoms with Gasteiger partial charge in [0.15, 0.2) is 0 Å². The summed E-state index contributed by atoms with van der Waals surface area (Å²) in [5.41, 5.74) is 0.153. The number of halogens is 1. The van der Waals surface area contributed by atoms with Crippen LogP contribution in [0.5, 0.6) is 0 Å². The summed E-state index contributed by atoms with van der Waals surface area (Å²) in [7, 11) is -2.41. The summed E-state index contributed by atoms with van der Waals surface area (Å²) in [5.74, 6) is -0.438. The third kappa shape index (κ3) is 5.98. The fourth-order valence-corrected chi connectivity index (χ4v) is 2.52. The molecule has 0 unspecified atom stereocenters. The van der Waals surface area contributed by atoms with E-state index in [9.17, 15) is 13.2 Å². The van der Waals surface area contributed by atoms with Crippen LogP contribution in [-0.4, -0.2) is 47.8 Å². The van der Waals surface area contributed by atoms with Crippen molar-refractivity contribution < 1.29 is 22.7 Å². The number of nitrogens with one attached hydrogen (secondary N) is 1. The number of rotatable bonds is 8. The maximum atomic E-state index is 11.9. The highest BCUT2D eigenvalue weighted by atomic mass is 35.5. The third-order valence-corrected chi connectivity index (χ3v) is 3.86. The molecule has 0 atom stereocenters. The van der Waals surface area contributed by atoms with Crippen molar-refractivity contribution in [1.82, 2.24) is 5.32 Å². The van der Waals surface area contributed by atoms with Crippen molar-refractivity contribution in [3.05, 3.63) is 28.8 Å². The van der Waals surface area contributed by atoms with Gasteiger partial charge in [0, 0.05) is 19.2 Å². The quantitative estimate of drug-likeness (QED) is 0.667. The van der Waals surface area contributed by atoms with Crippen LogP contribution >= 0.6 is 11.6 Å². The number of carbonyl (C=O) groups is 1. The lowest BCUT2D eigenvalue weighted by molar-refractivity contribution is 0.0692. The van der Waals surface area contributed by atoms with Gasteiger partial charge in [-0.25, -0.2) is 13.6 Å². The molecule has 0 aliphatic heterocycles. The van der Waals surface area contributed by atoms with Gasteiger partial charge in [0.25, 0.3) is 5.91 Å². The second kappa shape index (κ2) is 8.30. The second-order valence-electron chi connectivity index (χ2n) is 4.05. The highest BCUT2D eigenvalue weighted by molar-refractivity contribution is 7.89. The molecule has 9 heteroatoms. The number of sulfonamides is 1. The Balaban J connectivity index is 2.59. The fraction of sp³-hybridized carbons (Fsp3) is 0.417. The number of nitrogens with two attached hydrogens (primary N) is 1. The molecule has 1 aromatic carbocycles. The Morgan fingerprint density at radius 2 is 2.05 bits per heavy atom. The molecular weight excluding hydrogens is 320 g/mol. The number of hydrogen-bond acceptors (Lipinski definition) is 5. The lowest BCUT2D eigenvalue weighted by Crippen LogP contribution is -2.28. The van der Waals surface area contributed by atoms with Crippen LogP contribution in [0, 0.1) is 0 Å². The topological polar surface area (TPSA) is 108 Å². The highest BCUT2D eigenvalue weighted by Gasteiger charge is 2.16. The lowest BCUT2D eigenvalue weighted by Gasteiger charge is -2.08. The van der Waals surface area contributed by atoms with E-state index in [2.05, 4.69) is 5.32 Å². The van der Waals surface area contributed by atoms with E-state index in [0.717, 1.165) is 6.07 Å². The first-order valence-corrected chi connectivity index (χ1v) is 7.96. The summed E-state index contributed by atoms with van der Waals surface area (Å²) in [6.07, 6.45) is 0. The maximum Gasteiger partial charge on any atom is 0.251 e. The van der Waals surface area contributed by atoms with Gasteiger partial charge in [0.2, 0.25) is 10.0 Å². The molecule has 0 aliphatic rings. The molecule has 0 aliphatic carbocycles. The molecule has 3 N–H and O–H groups in total. The highest BCUT2D eigenvalue weighted by Crippen LogP contribution is 2.21. The first kappa shape index (κ1) is 17.9. The molecular formula is C12H17ClN2O5S. The smallest absolute Gasteiger partial charge is 0.251 e. The average Bonchev–Trinajstić information content (AvgIpc) is 2.41. The monoisotopic (exact) mass is 336 g/mol. The van der Waals surface area contributed by atoms with Crippen LogP contribution in [0.15, 0.2) is 23.1 Å². The third-order valence-electron chi connectivity index (χ3n) is 2.46. The molecule has 0 spiro atoms. The van der Waals surface area contributed by atoms with Gasteiger partial charge < -0.3 is 14.8 Å². The minimum Gasteiger partial charge on any atom is -0.382 e. The fourth-order valence-electron chi connectivity index (χ4n) is 1.45. The zero-order chi connectivity index (χ0) is 15.9. The van der Waals surface area contributed by atoms with Gasteiger partial charge >= 0.3 is 0 Å². The standard InChI is InChI=1S/C12H17ClN2O5S/c1-19-6-7-20-5-4-15-12(16)9-2-3-10(13)11(8-9)21(14,17)18/h2-3,8H,4-7H2,1H3,(H,15,16)(H2,14,17,18). The van der Waals surface area contributed by atoms with E-state index >= 15 is 0 Å². The average molecular weight is 337 g/mol. The molecule has 0 saturated heterocycles. The maximum absolute atomic E-state index is 11.9. The Bertz CT molecular complexity index is 591. The number of amides is 1. The van der Waals surface area contributed by atoms with E-state index in [1.54, 1.807) is 7.11 Å². The number of carbonyl (C=O) groups excluding carboxylic acids is 1. The van der Waals surface area contributed by atoms with Crippen LogP contribution in [0.25, 0.3) is 0 Å². The van der Waals surface area contributed by atoms with Crippen LogP contribution in [0.4, 0.5) is 0 Å². The Morgan fingerprint density at radius 3 is 2.67 bits per heavy atom. The van der Waals surface area contributed by atoms with Gasteiger partial charge in [0.05, 0.1) is 24.8 Å². The predicted octanol–water partition coefficient (Wildman–Crippen LogP) is 0.380. The van der Waals surface area contributed by atoms with Crippen molar-refractivity contribution in [2.24, 2.45) is 5.14 Å². The van der Waals surface area contributed by atoms with Crippen LogP contribution in [0.2, 0.25) is 5.02 Å². The van der Waals surface area contributed by atoms with E-state index in [1.165, 1.54) is 12.1 Å². The first-order chi connectivity index (χ1) is 9.86. The molecule has 0 bridgehead atoms. The number of primary sulfonamides is 1. The molecule has 118 valence electrons. The van der Waals surface area contributed by atoms with Gasteiger partial charge in [-0.3, -0.25) is 4.79 Å². The van der Waals surface area contributed by atoms with E-state index in [1.807, 2.05) is 0 Å². The molecule has 0 saturated carbocycles. The largest absolute Gasteiger partial charge is 0.382 e. The summed E-state index contributed by atoms with van der Waals surface area (Å²) < 4.78 is 32.6. The normalized spacial score (nSPS) is 11.4. The molecule has 1 rings (SSSR count). The molecule has 7 nitrogen and oxygen atoms in total. The van der Waals surface area contributed by atoms with Gasteiger partial charge in [-0.15, -0.1) is 0 Å². The van der Waals surface area contributed by atoms with Crippen LogP contribution in [-0.2, 0) is 19.5 Å². The Morgan fingerprint density at radius 1 is 1.33 bits per heavy atom. The molecule has 21 heavy (non-hydrogen) atoms. The van der Waals surface area contributed by atoms with Gasteiger partial charge in [-0.2, -0.15) is 0 Å². The minimum atomic E-state index is -3.98. The van der Waals surface area contributed by atoms with E-state index in [-0.39, 0.29) is 22.0 Å². The molecule has 1 aromatic rings. The Kier molecular flexibility index (Phi) is 7.06. The summed E-state index contributed by atoms with van der Waals surface area (Å²) in [4.78, 5) is 11.6. The van der Waals surface area contributed by atoms with Crippen LogP contribution in [0.3, 0.4) is 0 Å². The summed E-state index contributed by atoms with van der Waals surface area (Å²) >= 11 is 5.74. The van der Waals surface area contributed by atoms with Crippen molar-refractivity contribution in [2.75, 3.05) is 33.5 Å². The van der Waals surface area contributed by atoms with Gasteiger partial charge in [0.1, 0.15) is 4.90 Å². The zero-order valence-corrected chi connectivity index (χ0v) is 13.0. The minimum absolute atomic E-state index is 0.0306. The molecule has 0 radical (unpaired) electrons. The van der Waals surface area contributed by atoms with Gasteiger partial charge in [-0.05, 0) is 18.2 Å². The Labute approximate surface area is 128 Å². The predicted molar refractivity (Wildman–Crippen MR) is 77.9 cm³/mol. The summed E-state index contributed by atoms with van der Waals surface area (Å²) in [6, 6.07) is 3.86. The van der Waals surface area contributed by atoms with Crippen molar-refractivity contribution >= 4 is 27.5 Å². The number of benzene rings is 1. The van der Waals surface area contributed by atoms with Crippen LogP contribution in [0.1, 0.15) is 10.4 Å².